The highest BCUT2D eigenvalue weighted by atomic mass is 16.3. The molecule has 1 heteroatoms. The van der Waals surface area contributed by atoms with Crippen LogP contribution in [0.15, 0.2) is 0 Å². The monoisotopic (exact) mass is 182 g/mol. The second-order valence-corrected chi connectivity index (χ2v) is 5.22. The van der Waals surface area contributed by atoms with Crippen LogP contribution in [0.2, 0.25) is 0 Å². The van der Waals surface area contributed by atoms with Crippen LogP contribution in [-0.2, 0) is 0 Å². The van der Waals surface area contributed by atoms with Gasteiger partial charge in [-0.15, -0.1) is 0 Å². The van der Waals surface area contributed by atoms with Crippen LogP contribution in [0, 0.1) is 17.3 Å². The van der Waals surface area contributed by atoms with E-state index in [4.69, 9.17) is 0 Å². The van der Waals surface area contributed by atoms with E-state index in [2.05, 4.69) is 20.8 Å². The standard InChI is InChI=1S/C12H22O/c1-4-12(5-2)10-7-6-9(8-10)11(12,3)13/h9-10,13H,4-8H2,1-3H3/t9-,10+,11-/m0/s1. The molecule has 2 fully saturated rings. The molecule has 0 saturated heterocycles. The molecule has 1 nitrogen and oxygen atoms in total. The Morgan fingerprint density at radius 3 is 2.00 bits per heavy atom. The quantitative estimate of drug-likeness (QED) is 0.696. The SMILES string of the molecule is CCC1(CC)[C@@H]2CC[C@@H](C2)[C@]1(C)O. The summed E-state index contributed by atoms with van der Waals surface area (Å²) in [6.07, 6.45) is 6.21. The Labute approximate surface area is 81.5 Å². The summed E-state index contributed by atoms with van der Waals surface area (Å²) in [4.78, 5) is 0. The first-order valence-corrected chi connectivity index (χ1v) is 5.81. The molecule has 0 heterocycles. The minimum Gasteiger partial charge on any atom is -0.389 e. The van der Waals surface area contributed by atoms with E-state index in [0.717, 1.165) is 18.8 Å². The van der Waals surface area contributed by atoms with Crippen LogP contribution < -0.4 is 0 Å². The van der Waals surface area contributed by atoms with Gasteiger partial charge >= 0.3 is 0 Å². The van der Waals surface area contributed by atoms with Crippen LogP contribution in [0.1, 0.15) is 52.9 Å². The van der Waals surface area contributed by atoms with Crippen LogP contribution >= 0.6 is 0 Å². The Balaban J connectivity index is 2.36. The molecule has 0 aliphatic heterocycles. The van der Waals surface area contributed by atoms with Gasteiger partial charge in [0.05, 0.1) is 5.60 Å². The molecule has 0 spiro atoms. The second-order valence-electron chi connectivity index (χ2n) is 5.22. The van der Waals surface area contributed by atoms with E-state index in [0.29, 0.717) is 5.92 Å². The summed E-state index contributed by atoms with van der Waals surface area (Å²) in [5.41, 5.74) is -0.130. The zero-order valence-corrected chi connectivity index (χ0v) is 9.14. The van der Waals surface area contributed by atoms with Gasteiger partial charge in [-0.1, -0.05) is 13.8 Å². The Morgan fingerprint density at radius 2 is 1.69 bits per heavy atom. The minimum absolute atomic E-state index is 0.246. The first-order chi connectivity index (χ1) is 6.08. The molecule has 2 aliphatic carbocycles. The normalized spacial score (nSPS) is 47.1. The topological polar surface area (TPSA) is 20.2 Å². The molecular formula is C12H22O. The van der Waals surface area contributed by atoms with Crippen LogP contribution in [0.25, 0.3) is 0 Å². The van der Waals surface area contributed by atoms with Gasteiger partial charge in [0.1, 0.15) is 0 Å². The van der Waals surface area contributed by atoms with Crippen LogP contribution in [-0.4, -0.2) is 10.7 Å². The van der Waals surface area contributed by atoms with Gasteiger partial charge in [0.15, 0.2) is 0 Å². The summed E-state index contributed by atoms with van der Waals surface area (Å²) in [6.45, 7) is 6.58. The first-order valence-electron chi connectivity index (χ1n) is 5.81. The van der Waals surface area contributed by atoms with E-state index < -0.39 is 0 Å². The van der Waals surface area contributed by atoms with Crippen molar-refractivity contribution >= 4 is 0 Å². The summed E-state index contributed by atoms with van der Waals surface area (Å²) in [6, 6.07) is 0. The number of rotatable bonds is 2. The maximum Gasteiger partial charge on any atom is 0.0706 e. The van der Waals surface area contributed by atoms with E-state index in [1.807, 2.05) is 0 Å². The average Bonchev–Trinajstić information content (AvgIpc) is 2.62. The molecule has 1 N–H and O–H groups in total. The van der Waals surface area contributed by atoms with Crippen molar-refractivity contribution in [1.29, 1.82) is 0 Å². The van der Waals surface area contributed by atoms with Crippen LogP contribution in [0.3, 0.4) is 0 Å². The Morgan fingerprint density at radius 1 is 1.15 bits per heavy atom. The maximum atomic E-state index is 10.6. The Kier molecular flexibility index (Phi) is 1.99. The van der Waals surface area contributed by atoms with Crippen molar-refractivity contribution in [3.05, 3.63) is 0 Å². The molecule has 13 heavy (non-hydrogen) atoms. The first kappa shape index (κ1) is 9.51. The van der Waals surface area contributed by atoms with E-state index in [9.17, 15) is 5.11 Å². The van der Waals surface area contributed by atoms with E-state index in [1.54, 1.807) is 0 Å². The van der Waals surface area contributed by atoms with Gasteiger partial charge in [-0.2, -0.15) is 0 Å². The zero-order valence-electron chi connectivity index (χ0n) is 9.14. The average molecular weight is 182 g/mol. The molecule has 2 bridgehead atoms. The van der Waals surface area contributed by atoms with E-state index in [-0.39, 0.29) is 11.0 Å². The van der Waals surface area contributed by atoms with Crippen molar-refractivity contribution in [3.63, 3.8) is 0 Å². The fourth-order valence-electron chi connectivity index (χ4n) is 4.36. The molecule has 76 valence electrons. The zero-order chi connectivity index (χ0) is 9.69. The predicted molar refractivity (Wildman–Crippen MR) is 54.5 cm³/mol. The molecule has 0 aromatic heterocycles. The van der Waals surface area contributed by atoms with Crippen molar-refractivity contribution in [3.8, 4) is 0 Å². The van der Waals surface area contributed by atoms with Gasteiger partial charge in [0.25, 0.3) is 0 Å². The summed E-state index contributed by atoms with van der Waals surface area (Å²) < 4.78 is 0. The number of fused-ring (bicyclic) bond motifs is 2. The number of aliphatic hydroxyl groups is 1. The molecule has 2 aliphatic rings. The van der Waals surface area contributed by atoms with Gasteiger partial charge < -0.3 is 5.11 Å². The lowest BCUT2D eigenvalue weighted by molar-refractivity contribution is -0.114. The molecule has 0 radical (unpaired) electrons. The van der Waals surface area contributed by atoms with Gasteiger partial charge in [-0.05, 0) is 50.9 Å². The third kappa shape index (κ3) is 0.918. The van der Waals surface area contributed by atoms with E-state index >= 15 is 0 Å². The molecule has 2 saturated carbocycles. The van der Waals surface area contributed by atoms with Gasteiger partial charge in [-0.25, -0.2) is 0 Å². The molecule has 3 atom stereocenters. The smallest absolute Gasteiger partial charge is 0.0706 e. The van der Waals surface area contributed by atoms with Crippen LogP contribution in [0.5, 0.6) is 0 Å². The van der Waals surface area contributed by atoms with Crippen molar-refractivity contribution in [1.82, 2.24) is 0 Å². The van der Waals surface area contributed by atoms with E-state index in [1.165, 1.54) is 19.3 Å². The second kappa shape index (κ2) is 2.73. The van der Waals surface area contributed by atoms with Crippen molar-refractivity contribution in [2.75, 3.05) is 0 Å². The molecule has 0 aromatic carbocycles. The predicted octanol–water partition coefficient (Wildman–Crippen LogP) is 2.97. The summed E-state index contributed by atoms with van der Waals surface area (Å²) >= 11 is 0. The highest BCUT2D eigenvalue weighted by Gasteiger charge is 2.62. The largest absolute Gasteiger partial charge is 0.389 e. The summed E-state index contributed by atoms with van der Waals surface area (Å²) in [5.74, 6) is 1.40. The van der Waals surface area contributed by atoms with Crippen molar-refractivity contribution < 1.29 is 5.11 Å². The van der Waals surface area contributed by atoms with Crippen LogP contribution in [0.4, 0.5) is 0 Å². The van der Waals surface area contributed by atoms with Gasteiger partial charge in [-0.3, -0.25) is 0 Å². The highest BCUT2D eigenvalue weighted by Crippen LogP contribution is 2.64. The van der Waals surface area contributed by atoms with Gasteiger partial charge in [0.2, 0.25) is 0 Å². The summed E-state index contributed by atoms with van der Waals surface area (Å²) in [5, 5.41) is 10.6. The Hall–Kier alpha value is -0.0400. The highest BCUT2D eigenvalue weighted by molar-refractivity contribution is 5.12. The molecule has 0 aromatic rings. The lowest BCUT2D eigenvalue weighted by Gasteiger charge is -2.48. The number of hydrogen-bond acceptors (Lipinski definition) is 1. The molecule has 0 amide bonds. The molecule has 0 unspecified atom stereocenters. The summed E-state index contributed by atoms with van der Waals surface area (Å²) in [7, 11) is 0. The maximum absolute atomic E-state index is 10.6. The fourth-order valence-corrected chi connectivity index (χ4v) is 4.36. The van der Waals surface area contributed by atoms with Crippen molar-refractivity contribution in [2.24, 2.45) is 17.3 Å². The lowest BCUT2D eigenvalue weighted by Crippen LogP contribution is -2.49. The third-order valence-electron chi connectivity index (χ3n) is 5.28. The molecule has 2 rings (SSSR count). The third-order valence-corrected chi connectivity index (χ3v) is 5.28. The van der Waals surface area contributed by atoms with Crippen molar-refractivity contribution in [2.45, 2.75) is 58.5 Å². The Bertz CT molecular complexity index is 203. The fraction of sp³-hybridized carbons (Fsp3) is 1.00. The lowest BCUT2D eigenvalue weighted by atomic mass is 9.61. The number of hydrogen-bond donors (Lipinski definition) is 1. The molecular weight excluding hydrogens is 160 g/mol. The van der Waals surface area contributed by atoms with Gasteiger partial charge in [0, 0.05) is 5.41 Å². The minimum atomic E-state index is -0.376.